The van der Waals surface area contributed by atoms with Crippen molar-refractivity contribution in [2.75, 3.05) is 18.6 Å². The van der Waals surface area contributed by atoms with Crippen molar-refractivity contribution in [1.29, 1.82) is 0 Å². The van der Waals surface area contributed by atoms with E-state index in [4.69, 9.17) is 14.6 Å². The van der Waals surface area contributed by atoms with E-state index in [-0.39, 0.29) is 24.8 Å². The summed E-state index contributed by atoms with van der Waals surface area (Å²) in [7, 11) is 1.42. The lowest BCUT2D eigenvalue weighted by Crippen LogP contribution is -2.42. The van der Waals surface area contributed by atoms with Crippen LogP contribution in [-0.2, 0) is 17.7 Å². The molecule has 2 aliphatic rings. The molecule has 1 aromatic heterocycles. The molecule has 1 aliphatic heterocycles. The number of ether oxygens (including phenoxy) is 2. The Balaban J connectivity index is 1.79. The first-order chi connectivity index (χ1) is 13.6. The van der Waals surface area contributed by atoms with E-state index in [1.807, 2.05) is 25.3 Å². The van der Waals surface area contributed by atoms with E-state index < -0.39 is 0 Å². The van der Waals surface area contributed by atoms with Crippen molar-refractivity contribution in [3.05, 3.63) is 30.1 Å². The molecule has 150 valence electrons. The van der Waals surface area contributed by atoms with Gasteiger partial charge in [0, 0.05) is 28.9 Å². The first kappa shape index (κ1) is 18.8. The number of hydrogen-bond donors (Lipinski definition) is 1. The largest absolute Gasteiger partial charge is 0.489 e. The molecular weight excluding hydrogens is 358 g/mol. The summed E-state index contributed by atoms with van der Waals surface area (Å²) in [6, 6.07) is 4.06. The molecule has 1 N–H and O–H groups in total. The summed E-state index contributed by atoms with van der Waals surface area (Å²) in [5.41, 5.74) is 3.86. The Hall–Kier alpha value is -2.54. The fourth-order valence-electron chi connectivity index (χ4n) is 3.93. The third-order valence-electron chi connectivity index (χ3n) is 5.73. The normalized spacial score (nSPS) is 19.1. The summed E-state index contributed by atoms with van der Waals surface area (Å²) >= 11 is 0. The van der Waals surface area contributed by atoms with Crippen LogP contribution in [0.2, 0.25) is 0 Å². The monoisotopic (exact) mass is 385 g/mol. The standard InChI is InChI=1S/C21H27N3O4/c1-14-6-7-18-19(24(14)21(26)27-2)9-8-17(20(18)28-16-4-3-5-16)15-12-22-23(13-15)10-11-25/h8-9,12-14,16,25H,3-7,10-11H2,1-2H3. The molecule has 2 heterocycles. The van der Waals surface area contributed by atoms with Crippen LogP contribution in [0.4, 0.5) is 10.5 Å². The molecule has 4 rings (SSSR count). The number of rotatable bonds is 5. The summed E-state index contributed by atoms with van der Waals surface area (Å²) in [6.45, 7) is 2.54. The van der Waals surface area contributed by atoms with Gasteiger partial charge in [-0.1, -0.05) is 0 Å². The van der Waals surface area contributed by atoms with Crippen molar-refractivity contribution < 1.29 is 19.4 Å². The van der Waals surface area contributed by atoms with Crippen LogP contribution in [0.25, 0.3) is 11.1 Å². The van der Waals surface area contributed by atoms with Gasteiger partial charge in [-0.2, -0.15) is 5.10 Å². The van der Waals surface area contributed by atoms with E-state index in [0.29, 0.717) is 6.54 Å². The number of anilines is 1. The number of methoxy groups -OCH3 is 1. The topological polar surface area (TPSA) is 76.8 Å². The zero-order valence-electron chi connectivity index (χ0n) is 16.4. The fraction of sp³-hybridized carbons (Fsp3) is 0.524. The van der Waals surface area contributed by atoms with Crippen LogP contribution >= 0.6 is 0 Å². The second kappa shape index (κ2) is 7.83. The first-order valence-corrected chi connectivity index (χ1v) is 9.95. The number of aliphatic hydroxyl groups is 1. The number of carbonyl (C=O) groups is 1. The number of amides is 1. The molecule has 1 unspecified atom stereocenters. The average molecular weight is 385 g/mol. The molecule has 1 aliphatic carbocycles. The second-order valence-corrected chi connectivity index (χ2v) is 7.55. The highest BCUT2D eigenvalue weighted by Gasteiger charge is 2.33. The molecule has 0 bridgehead atoms. The zero-order valence-corrected chi connectivity index (χ0v) is 16.4. The number of carbonyl (C=O) groups excluding carboxylic acids is 1. The molecule has 7 heteroatoms. The maximum Gasteiger partial charge on any atom is 0.414 e. The minimum Gasteiger partial charge on any atom is -0.489 e. The maximum absolute atomic E-state index is 12.4. The summed E-state index contributed by atoms with van der Waals surface area (Å²) < 4.78 is 13.2. The minimum absolute atomic E-state index is 0.0444. The molecule has 1 saturated carbocycles. The van der Waals surface area contributed by atoms with Crippen LogP contribution < -0.4 is 9.64 Å². The van der Waals surface area contributed by atoms with Gasteiger partial charge in [0.2, 0.25) is 0 Å². The first-order valence-electron chi connectivity index (χ1n) is 9.95. The Kier molecular flexibility index (Phi) is 5.26. The molecule has 1 amide bonds. The summed E-state index contributed by atoms with van der Waals surface area (Å²) in [6.07, 6.45) is 8.63. The molecule has 2 aromatic rings. The lowest BCUT2D eigenvalue weighted by Gasteiger charge is -2.37. The quantitative estimate of drug-likeness (QED) is 0.854. The van der Waals surface area contributed by atoms with Gasteiger partial charge in [0.05, 0.1) is 38.2 Å². The van der Waals surface area contributed by atoms with Gasteiger partial charge in [-0.05, 0) is 51.2 Å². The summed E-state index contributed by atoms with van der Waals surface area (Å²) in [5.74, 6) is 0.853. The van der Waals surface area contributed by atoms with Crippen LogP contribution in [0.15, 0.2) is 24.5 Å². The Morgan fingerprint density at radius 3 is 2.82 bits per heavy atom. The Labute approximate surface area is 164 Å². The maximum atomic E-state index is 12.4. The van der Waals surface area contributed by atoms with E-state index in [2.05, 4.69) is 5.10 Å². The predicted molar refractivity (Wildman–Crippen MR) is 106 cm³/mol. The van der Waals surface area contributed by atoms with Gasteiger partial charge >= 0.3 is 6.09 Å². The van der Waals surface area contributed by atoms with Crippen molar-refractivity contribution in [3.8, 4) is 16.9 Å². The van der Waals surface area contributed by atoms with Crippen LogP contribution in [0.5, 0.6) is 5.75 Å². The molecule has 0 spiro atoms. The van der Waals surface area contributed by atoms with Gasteiger partial charge < -0.3 is 14.6 Å². The third kappa shape index (κ3) is 3.35. The van der Waals surface area contributed by atoms with E-state index >= 15 is 0 Å². The number of hydrogen-bond acceptors (Lipinski definition) is 5. The molecule has 0 radical (unpaired) electrons. The van der Waals surface area contributed by atoms with Crippen LogP contribution in [0, 0.1) is 0 Å². The van der Waals surface area contributed by atoms with Crippen molar-refractivity contribution in [2.24, 2.45) is 0 Å². The molecule has 1 aromatic carbocycles. The van der Waals surface area contributed by atoms with Crippen molar-refractivity contribution in [3.63, 3.8) is 0 Å². The molecule has 1 atom stereocenters. The van der Waals surface area contributed by atoms with E-state index in [1.54, 1.807) is 15.8 Å². The Bertz CT molecular complexity index is 859. The SMILES string of the molecule is COC(=O)N1c2ccc(-c3cnn(CCO)c3)c(OC3CCC3)c2CCC1C. The van der Waals surface area contributed by atoms with E-state index in [9.17, 15) is 4.79 Å². The number of nitrogens with zero attached hydrogens (tertiary/aromatic N) is 3. The lowest BCUT2D eigenvalue weighted by atomic mass is 9.91. The summed E-state index contributed by atoms with van der Waals surface area (Å²) in [5, 5.41) is 13.5. The van der Waals surface area contributed by atoms with Crippen molar-refractivity contribution >= 4 is 11.8 Å². The van der Waals surface area contributed by atoms with Crippen LogP contribution in [0.3, 0.4) is 0 Å². The second-order valence-electron chi connectivity index (χ2n) is 7.55. The van der Waals surface area contributed by atoms with Gasteiger partial charge in [-0.25, -0.2) is 4.79 Å². The molecular formula is C21H27N3O4. The highest BCUT2D eigenvalue weighted by atomic mass is 16.5. The highest BCUT2D eigenvalue weighted by molar-refractivity contribution is 5.92. The van der Waals surface area contributed by atoms with E-state index in [0.717, 1.165) is 53.8 Å². The summed E-state index contributed by atoms with van der Waals surface area (Å²) in [4.78, 5) is 14.1. The highest BCUT2D eigenvalue weighted by Crippen LogP contribution is 2.44. The van der Waals surface area contributed by atoms with Gasteiger partial charge in [-0.15, -0.1) is 0 Å². The molecule has 28 heavy (non-hydrogen) atoms. The van der Waals surface area contributed by atoms with Crippen molar-refractivity contribution in [2.45, 2.75) is 57.7 Å². The average Bonchev–Trinajstić information content (AvgIpc) is 3.12. The predicted octanol–water partition coefficient (Wildman–Crippen LogP) is 3.38. The number of aromatic nitrogens is 2. The third-order valence-corrected chi connectivity index (χ3v) is 5.73. The smallest absolute Gasteiger partial charge is 0.414 e. The van der Waals surface area contributed by atoms with Gasteiger partial charge in [0.15, 0.2) is 0 Å². The van der Waals surface area contributed by atoms with Gasteiger partial charge in [0.1, 0.15) is 5.75 Å². The molecule has 0 saturated heterocycles. The Morgan fingerprint density at radius 1 is 1.32 bits per heavy atom. The number of aliphatic hydroxyl groups excluding tert-OH is 1. The van der Waals surface area contributed by atoms with Crippen LogP contribution in [-0.4, -0.2) is 46.8 Å². The van der Waals surface area contributed by atoms with Gasteiger partial charge in [0.25, 0.3) is 0 Å². The minimum atomic E-state index is -0.341. The van der Waals surface area contributed by atoms with Gasteiger partial charge in [-0.3, -0.25) is 9.58 Å². The van der Waals surface area contributed by atoms with Crippen molar-refractivity contribution in [1.82, 2.24) is 9.78 Å². The zero-order chi connectivity index (χ0) is 19.7. The fourth-order valence-corrected chi connectivity index (χ4v) is 3.93. The molecule has 1 fully saturated rings. The molecule has 7 nitrogen and oxygen atoms in total. The number of benzene rings is 1. The number of fused-ring (bicyclic) bond motifs is 1. The van der Waals surface area contributed by atoms with Crippen LogP contribution in [0.1, 0.15) is 38.2 Å². The van der Waals surface area contributed by atoms with E-state index in [1.165, 1.54) is 13.5 Å². The Morgan fingerprint density at radius 2 is 2.14 bits per heavy atom. The lowest BCUT2D eigenvalue weighted by molar-refractivity contribution is 0.119.